The Morgan fingerprint density at radius 3 is 2.36 bits per heavy atom. The Labute approximate surface area is 87.6 Å². The number of hydrogen-bond donors (Lipinski definition) is 1. The van der Waals surface area contributed by atoms with Crippen LogP contribution >= 0.6 is 0 Å². The number of hydrogen-bond acceptors (Lipinski definition) is 1. The number of amides is 1. The Balaban J connectivity index is 2.99. The van der Waals surface area contributed by atoms with Gasteiger partial charge in [0.2, 0.25) is 5.91 Å². The van der Waals surface area contributed by atoms with Gasteiger partial charge in [-0.05, 0) is 25.7 Å². The Morgan fingerprint density at radius 2 is 1.71 bits per heavy atom. The maximum atomic E-state index is 10.4. The summed E-state index contributed by atoms with van der Waals surface area (Å²) in [5.41, 5.74) is 5.04. The zero-order chi connectivity index (χ0) is 10.6. The highest BCUT2D eigenvalue weighted by Gasteiger charge is 1.93. The molecule has 0 fully saturated rings. The molecule has 0 unspecified atom stereocenters. The lowest BCUT2D eigenvalue weighted by Gasteiger charge is -1.98. The van der Waals surface area contributed by atoms with Crippen molar-refractivity contribution in [1.29, 1.82) is 0 Å². The predicted molar refractivity (Wildman–Crippen MR) is 60.9 cm³/mol. The minimum Gasteiger partial charge on any atom is -0.370 e. The smallest absolute Gasteiger partial charge is 0.217 e. The summed E-state index contributed by atoms with van der Waals surface area (Å²) >= 11 is 0. The van der Waals surface area contributed by atoms with Gasteiger partial charge < -0.3 is 5.73 Å². The van der Waals surface area contributed by atoms with Crippen LogP contribution < -0.4 is 5.73 Å². The number of unbranched alkanes of at least 4 members (excludes halogenated alkanes) is 5. The van der Waals surface area contributed by atoms with E-state index >= 15 is 0 Å². The molecule has 0 spiro atoms. The number of carbonyl (C=O) groups is 1. The fourth-order valence-electron chi connectivity index (χ4n) is 1.38. The minimum atomic E-state index is -0.170. The highest BCUT2D eigenvalue weighted by molar-refractivity contribution is 5.73. The first-order valence-corrected chi connectivity index (χ1v) is 5.70. The van der Waals surface area contributed by atoms with Gasteiger partial charge in [0.15, 0.2) is 0 Å². The van der Waals surface area contributed by atoms with Gasteiger partial charge in [0.25, 0.3) is 0 Å². The van der Waals surface area contributed by atoms with Gasteiger partial charge >= 0.3 is 0 Å². The molecule has 0 saturated heterocycles. The molecule has 0 aliphatic carbocycles. The van der Waals surface area contributed by atoms with Crippen molar-refractivity contribution < 1.29 is 4.79 Å². The van der Waals surface area contributed by atoms with Crippen LogP contribution in [0.4, 0.5) is 0 Å². The minimum absolute atomic E-state index is 0.170. The zero-order valence-corrected chi connectivity index (χ0v) is 9.30. The van der Waals surface area contributed by atoms with Gasteiger partial charge in [-0.2, -0.15) is 0 Å². The van der Waals surface area contributed by atoms with Gasteiger partial charge in [0.05, 0.1) is 0 Å². The van der Waals surface area contributed by atoms with Crippen molar-refractivity contribution in [2.24, 2.45) is 5.73 Å². The molecule has 14 heavy (non-hydrogen) atoms. The van der Waals surface area contributed by atoms with E-state index in [4.69, 9.17) is 5.73 Å². The van der Waals surface area contributed by atoms with Crippen LogP contribution in [0.2, 0.25) is 0 Å². The normalized spacial score (nSPS) is 10.9. The molecule has 1 amide bonds. The summed E-state index contributed by atoms with van der Waals surface area (Å²) in [7, 11) is 0. The Hall–Kier alpha value is -0.790. The van der Waals surface area contributed by atoms with E-state index in [0.29, 0.717) is 6.42 Å². The molecule has 0 heterocycles. The maximum Gasteiger partial charge on any atom is 0.217 e. The molecule has 0 aliphatic heterocycles. The van der Waals surface area contributed by atoms with Gasteiger partial charge in [-0.1, -0.05) is 38.3 Å². The van der Waals surface area contributed by atoms with E-state index in [0.717, 1.165) is 19.3 Å². The first kappa shape index (κ1) is 13.2. The lowest BCUT2D eigenvalue weighted by atomic mass is 10.1. The Kier molecular flexibility index (Phi) is 9.71. The molecular formula is C12H23NO. The lowest BCUT2D eigenvalue weighted by molar-refractivity contribution is -0.118. The third-order valence-electron chi connectivity index (χ3n) is 2.20. The molecule has 2 heteroatoms. The number of nitrogens with two attached hydrogens (primary N) is 1. The van der Waals surface area contributed by atoms with Crippen molar-refractivity contribution in [3.63, 3.8) is 0 Å². The SMILES string of the molecule is CC/C=C\CCCCCCCC(N)=O. The molecule has 0 rings (SSSR count). The van der Waals surface area contributed by atoms with Crippen molar-refractivity contribution in [3.05, 3.63) is 12.2 Å². The summed E-state index contributed by atoms with van der Waals surface area (Å²) in [6.07, 6.45) is 13.2. The van der Waals surface area contributed by atoms with E-state index in [2.05, 4.69) is 19.1 Å². The van der Waals surface area contributed by atoms with E-state index in [1.165, 1.54) is 25.7 Å². The third-order valence-corrected chi connectivity index (χ3v) is 2.20. The molecule has 82 valence electrons. The first-order chi connectivity index (χ1) is 6.77. The molecule has 0 saturated carbocycles. The van der Waals surface area contributed by atoms with E-state index in [1.807, 2.05) is 0 Å². The van der Waals surface area contributed by atoms with Gasteiger partial charge in [0, 0.05) is 6.42 Å². The molecule has 0 aromatic heterocycles. The molecule has 0 aliphatic rings. The van der Waals surface area contributed by atoms with Crippen LogP contribution in [-0.2, 0) is 4.79 Å². The standard InChI is InChI=1S/C12H23NO/c1-2-3-4-5-6-7-8-9-10-11-12(13)14/h3-4H,2,5-11H2,1H3,(H2,13,14)/b4-3-. The average molecular weight is 197 g/mol. The van der Waals surface area contributed by atoms with Crippen LogP contribution in [-0.4, -0.2) is 5.91 Å². The van der Waals surface area contributed by atoms with Gasteiger partial charge in [-0.3, -0.25) is 4.79 Å². The van der Waals surface area contributed by atoms with Crippen LogP contribution in [0.3, 0.4) is 0 Å². The summed E-state index contributed by atoms with van der Waals surface area (Å²) in [5.74, 6) is -0.170. The first-order valence-electron chi connectivity index (χ1n) is 5.70. The van der Waals surface area contributed by atoms with Crippen molar-refractivity contribution in [2.75, 3.05) is 0 Å². The lowest BCUT2D eigenvalue weighted by Crippen LogP contribution is -2.09. The molecule has 0 atom stereocenters. The van der Waals surface area contributed by atoms with Crippen LogP contribution in [0.5, 0.6) is 0 Å². The molecule has 0 aromatic rings. The molecule has 2 nitrogen and oxygen atoms in total. The number of allylic oxidation sites excluding steroid dienone is 2. The summed E-state index contributed by atoms with van der Waals surface area (Å²) in [6, 6.07) is 0. The van der Waals surface area contributed by atoms with E-state index < -0.39 is 0 Å². The van der Waals surface area contributed by atoms with Gasteiger partial charge in [-0.25, -0.2) is 0 Å². The fourth-order valence-corrected chi connectivity index (χ4v) is 1.38. The largest absolute Gasteiger partial charge is 0.370 e. The Morgan fingerprint density at radius 1 is 1.07 bits per heavy atom. The van der Waals surface area contributed by atoms with Crippen LogP contribution in [0.15, 0.2) is 12.2 Å². The summed E-state index contributed by atoms with van der Waals surface area (Å²) in [6.45, 7) is 2.15. The fraction of sp³-hybridized carbons (Fsp3) is 0.750. The van der Waals surface area contributed by atoms with E-state index in [-0.39, 0.29) is 5.91 Å². The highest BCUT2D eigenvalue weighted by atomic mass is 16.1. The topological polar surface area (TPSA) is 43.1 Å². The predicted octanol–water partition coefficient (Wildman–Crippen LogP) is 3.17. The average Bonchev–Trinajstić information content (AvgIpc) is 2.15. The van der Waals surface area contributed by atoms with E-state index in [9.17, 15) is 4.79 Å². The van der Waals surface area contributed by atoms with Crippen molar-refractivity contribution in [3.8, 4) is 0 Å². The molecule has 2 N–H and O–H groups in total. The van der Waals surface area contributed by atoms with Crippen LogP contribution in [0.1, 0.15) is 58.3 Å². The van der Waals surface area contributed by atoms with Gasteiger partial charge in [0.1, 0.15) is 0 Å². The second-order valence-electron chi connectivity index (χ2n) is 3.65. The van der Waals surface area contributed by atoms with Crippen molar-refractivity contribution >= 4 is 5.91 Å². The highest BCUT2D eigenvalue weighted by Crippen LogP contribution is 2.07. The second-order valence-corrected chi connectivity index (χ2v) is 3.65. The Bertz CT molecular complexity index is 164. The molecule has 0 bridgehead atoms. The summed E-state index contributed by atoms with van der Waals surface area (Å²) in [4.78, 5) is 10.4. The van der Waals surface area contributed by atoms with Crippen LogP contribution in [0.25, 0.3) is 0 Å². The second kappa shape index (κ2) is 10.3. The van der Waals surface area contributed by atoms with Crippen molar-refractivity contribution in [2.45, 2.75) is 58.3 Å². The van der Waals surface area contributed by atoms with Gasteiger partial charge in [-0.15, -0.1) is 0 Å². The molecular weight excluding hydrogens is 174 g/mol. The summed E-state index contributed by atoms with van der Waals surface area (Å²) in [5, 5.41) is 0. The molecule has 0 radical (unpaired) electrons. The zero-order valence-electron chi connectivity index (χ0n) is 9.30. The monoisotopic (exact) mass is 197 g/mol. The number of carbonyl (C=O) groups excluding carboxylic acids is 1. The van der Waals surface area contributed by atoms with Crippen molar-refractivity contribution in [1.82, 2.24) is 0 Å². The molecule has 0 aromatic carbocycles. The number of rotatable bonds is 9. The maximum absolute atomic E-state index is 10.4. The quantitative estimate of drug-likeness (QED) is 0.448. The summed E-state index contributed by atoms with van der Waals surface area (Å²) < 4.78 is 0. The third kappa shape index (κ3) is 11.2. The van der Waals surface area contributed by atoms with E-state index in [1.54, 1.807) is 0 Å². The number of primary amides is 1. The van der Waals surface area contributed by atoms with Crippen LogP contribution in [0, 0.1) is 0 Å².